The number of morpholine rings is 1. The van der Waals surface area contributed by atoms with Crippen molar-refractivity contribution in [3.8, 4) is 11.8 Å². The van der Waals surface area contributed by atoms with Crippen molar-refractivity contribution in [1.29, 1.82) is 5.26 Å². The average molecular weight is 312 g/mol. The first-order valence-corrected chi connectivity index (χ1v) is 7.51. The number of nitrogens with one attached hydrogen (secondary N) is 1. The van der Waals surface area contributed by atoms with Gasteiger partial charge in [-0.1, -0.05) is 24.3 Å². The first-order valence-electron chi connectivity index (χ1n) is 7.51. The molecule has 2 aromatic rings. The number of nitriles is 1. The van der Waals surface area contributed by atoms with Gasteiger partial charge in [-0.05, 0) is 29.8 Å². The molecule has 5 heteroatoms. The lowest BCUT2D eigenvalue weighted by Gasteiger charge is -2.31. The number of hydrogen-bond donors (Lipinski definition) is 1. The normalized spacial score (nSPS) is 18.9. The van der Waals surface area contributed by atoms with Crippen LogP contribution in [-0.4, -0.2) is 25.8 Å². The zero-order valence-corrected chi connectivity index (χ0v) is 12.5. The fourth-order valence-electron chi connectivity index (χ4n) is 2.62. The van der Waals surface area contributed by atoms with Crippen LogP contribution in [0, 0.1) is 17.1 Å². The summed E-state index contributed by atoms with van der Waals surface area (Å²) in [6.45, 7) is 1.96. The minimum Gasteiger partial charge on any atom is -0.482 e. The molecule has 0 saturated carbocycles. The first kappa shape index (κ1) is 15.5. The van der Waals surface area contributed by atoms with E-state index in [0.717, 1.165) is 6.54 Å². The van der Waals surface area contributed by atoms with Gasteiger partial charge in [-0.3, -0.25) is 0 Å². The average Bonchev–Trinajstić information content (AvgIpc) is 2.60. The van der Waals surface area contributed by atoms with E-state index in [1.165, 1.54) is 12.1 Å². The SMILES string of the molecule is N#Cc1ccccc1OC(c1cccc(F)c1)[C@@H]1CNCCO1. The third-order valence-electron chi connectivity index (χ3n) is 3.73. The lowest BCUT2D eigenvalue weighted by atomic mass is 10.0. The van der Waals surface area contributed by atoms with E-state index < -0.39 is 6.10 Å². The molecule has 1 N–H and O–H groups in total. The van der Waals surface area contributed by atoms with E-state index in [0.29, 0.717) is 30.0 Å². The molecule has 0 radical (unpaired) electrons. The van der Waals surface area contributed by atoms with Crippen molar-refractivity contribution < 1.29 is 13.9 Å². The van der Waals surface area contributed by atoms with E-state index in [1.54, 1.807) is 36.4 Å². The molecule has 1 saturated heterocycles. The van der Waals surface area contributed by atoms with Gasteiger partial charge in [0, 0.05) is 13.1 Å². The van der Waals surface area contributed by atoms with Crippen LogP contribution in [0.4, 0.5) is 4.39 Å². The Balaban J connectivity index is 1.93. The molecule has 0 spiro atoms. The monoisotopic (exact) mass is 312 g/mol. The Bertz CT molecular complexity index is 708. The summed E-state index contributed by atoms with van der Waals surface area (Å²) in [5.41, 5.74) is 1.13. The molecule has 2 aromatic carbocycles. The van der Waals surface area contributed by atoms with Gasteiger partial charge < -0.3 is 14.8 Å². The van der Waals surface area contributed by atoms with E-state index in [2.05, 4.69) is 11.4 Å². The van der Waals surface area contributed by atoms with E-state index >= 15 is 0 Å². The second-order valence-electron chi connectivity index (χ2n) is 5.31. The molecule has 0 bridgehead atoms. The molecule has 23 heavy (non-hydrogen) atoms. The second kappa shape index (κ2) is 7.23. The standard InChI is InChI=1S/C18H17FN2O2/c19-15-6-3-5-13(10-15)18(17-12-21-8-9-22-17)23-16-7-2-1-4-14(16)11-20/h1-7,10,17-18,21H,8-9,12H2/t17-,18?/m0/s1. The third kappa shape index (κ3) is 3.67. The highest BCUT2D eigenvalue weighted by Crippen LogP contribution is 2.29. The lowest BCUT2D eigenvalue weighted by Crippen LogP contribution is -2.43. The van der Waals surface area contributed by atoms with Crippen LogP contribution in [0.15, 0.2) is 48.5 Å². The molecule has 4 nitrogen and oxygen atoms in total. The smallest absolute Gasteiger partial charge is 0.151 e. The molecular weight excluding hydrogens is 295 g/mol. The van der Waals surface area contributed by atoms with Crippen molar-refractivity contribution in [3.63, 3.8) is 0 Å². The molecule has 1 heterocycles. The quantitative estimate of drug-likeness (QED) is 0.943. The highest BCUT2D eigenvalue weighted by Gasteiger charge is 2.28. The van der Waals surface area contributed by atoms with Crippen molar-refractivity contribution in [2.75, 3.05) is 19.7 Å². The Morgan fingerprint density at radius 1 is 1.26 bits per heavy atom. The van der Waals surface area contributed by atoms with Crippen LogP contribution in [-0.2, 0) is 4.74 Å². The van der Waals surface area contributed by atoms with E-state index in [4.69, 9.17) is 9.47 Å². The molecule has 0 aliphatic carbocycles. The van der Waals surface area contributed by atoms with Gasteiger partial charge in [-0.2, -0.15) is 5.26 Å². The molecule has 0 amide bonds. The van der Waals surface area contributed by atoms with Gasteiger partial charge in [0.05, 0.1) is 12.2 Å². The first-order chi connectivity index (χ1) is 11.3. The maximum absolute atomic E-state index is 13.6. The number of nitrogens with zero attached hydrogens (tertiary/aromatic N) is 1. The molecule has 1 aliphatic heterocycles. The summed E-state index contributed by atoms with van der Waals surface area (Å²) >= 11 is 0. The summed E-state index contributed by atoms with van der Waals surface area (Å²) in [7, 11) is 0. The third-order valence-corrected chi connectivity index (χ3v) is 3.73. The van der Waals surface area contributed by atoms with Crippen LogP contribution >= 0.6 is 0 Å². The maximum atomic E-state index is 13.6. The molecule has 0 aromatic heterocycles. The molecule has 1 unspecified atom stereocenters. The minimum atomic E-state index is -0.493. The van der Waals surface area contributed by atoms with Crippen LogP contribution in [0.1, 0.15) is 17.2 Å². The lowest BCUT2D eigenvalue weighted by molar-refractivity contribution is -0.0434. The largest absolute Gasteiger partial charge is 0.482 e. The van der Waals surface area contributed by atoms with Gasteiger partial charge >= 0.3 is 0 Å². The molecule has 1 fully saturated rings. The van der Waals surface area contributed by atoms with Crippen LogP contribution in [0.2, 0.25) is 0 Å². The highest BCUT2D eigenvalue weighted by atomic mass is 19.1. The van der Waals surface area contributed by atoms with Crippen molar-refractivity contribution in [1.82, 2.24) is 5.32 Å². The Labute approximate surface area is 134 Å². The van der Waals surface area contributed by atoms with Gasteiger partial charge in [-0.25, -0.2) is 4.39 Å². The summed E-state index contributed by atoms with van der Waals surface area (Å²) in [5, 5.41) is 12.5. The zero-order chi connectivity index (χ0) is 16.1. The minimum absolute atomic E-state index is 0.253. The Hall–Kier alpha value is -2.42. The van der Waals surface area contributed by atoms with Crippen molar-refractivity contribution in [2.24, 2.45) is 0 Å². The Kier molecular flexibility index (Phi) is 4.86. The highest BCUT2D eigenvalue weighted by molar-refractivity contribution is 5.43. The van der Waals surface area contributed by atoms with Gasteiger partial charge in [-0.15, -0.1) is 0 Å². The molecule has 3 rings (SSSR count). The summed E-state index contributed by atoms with van der Waals surface area (Å²) in [5.74, 6) is 0.145. The van der Waals surface area contributed by atoms with E-state index in [1.807, 2.05) is 0 Å². The number of rotatable bonds is 4. The number of halogens is 1. The maximum Gasteiger partial charge on any atom is 0.151 e. The van der Waals surface area contributed by atoms with Crippen LogP contribution in [0.5, 0.6) is 5.75 Å². The van der Waals surface area contributed by atoms with E-state index in [-0.39, 0.29) is 11.9 Å². The molecule has 2 atom stereocenters. The Morgan fingerprint density at radius 3 is 2.87 bits per heavy atom. The number of ether oxygens (including phenoxy) is 2. The van der Waals surface area contributed by atoms with Gasteiger partial charge in [0.15, 0.2) is 6.10 Å². The second-order valence-corrected chi connectivity index (χ2v) is 5.31. The number of benzene rings is 2. The predicted octanol–water partition coefficient (Wildman–Crippen LogP) is 2.81. The topological polar surface area (TPSA) is 54.3 Å². The number of para-hydroxylation sites is 1. The number of hydrogen-bond acceptors (Lipinski definition) is 4. The fourth-order valence-corrected chi connectivity index (χ4v) is 2.62. The van der Waals surface area contributed by atoms with Gasteiger partial charge in [0.1, 0.15) is 23.7 Å². The summed E-state index contributed by atoms with van der Waals surface area (Å²) in [6.07, 6.45) is -0.745. The van der Waals surface area contributed by atoms with Gasteiger partial charge in [0.25, 0.3) is 0 Å². The summed E-state index contributed by atoms with van der Waals surface area (Å²) in [4.78, 5) is 0. The fraction of sp³-hybridized carbons (Fsp3) is 0.278. The van der Waals surface area contributed by atoms with E-state index in [9.17, 15) is 9.65 Å². The van der Waals surface area contributed by atoms with Crippen LogP contribution < -0.4 is 10.1 Å². The van der Waals surface area contributed by atoms with Crippen LogP contribution in [0.3, 0.4) is 0 Å². The molecule has 1 aliphatic rings. The Morgan fingerprint density at radius 2 is 2.13 bits per heavy atom. The predicted molar refractivity (Wildman–Crippen MR) is 83.5 cm³/mol. The van der Waals surface area contributed by atoms with Crippen molar-refractivity contribution in [2.45, 2.75) is 12.2 Å². The summed E-state index contributed by atoms with van der Waals surface area (Å²) < 4.78 is 25.5. The molecule has 118 valence electrons. The van der Waals surface area contributed by atoms with Gasteiger partial charge in [0.2, 0.25) is 0 Å². The molecular formula is C18H17FN2O2. The van der Waals surface area contributed by atoms with Crippen LogP contribution in [0.25, 0.3) is 0 Å². The zero-order valence-electron chi connectivity index (χ0n) is 12.5. The summed E-state index contributed by atoms with van der Waals surface area (Å²) in [6, 6.07) is 15.4. The van der Waals surface area contributed by atoms with Crippen molar-refractivity contribution >= 4 is 0 Å². The van der Waals surface area contributed by atoms with Crippen molar-refractivity contribution in [3.05, 3.63) is 65.5 Å².